The summed E-state index contributed by atoms with van der Waals surface area (Å²) in [6.45, 7) is 0.679. The summed E-state index contributed by atoms with van der Waals surface area (Å²) in [4.78, 5) is 16.5. The maximum atomic E-state index is 12.0. The van der Waals surface area contributed by atoms with Crippen LogP contribution in [0.25, 0.3) is 0 Å². The Morgan fingerprint density at radius 3 is 2.96 bits per heavy atom. The normalized spacial score (nSPS) is 20.5. The predicted octanol–water partition coefficient (Wildman–Crippen LogP) is 2.66. The molecule has 0 aromatic heterocycles. The van der Waals surface area contributed by atoms with E-state index in [1.807, 2.05) is 30.3 Å². The molecule has 0 aliphatic heterocycles. The zero-order valence-corrected chi connectivity index (χ0v) is 13.6. The summed E-state index contributed by atoms with van der Waals surface area (Å²) in [5, 5.41) is 11.5. The van der Waals surface area contributed by atoms with Gasteiger partial charge in [0.25, 0.3) is 0 Å². The van der Waals surface area contributed by atoms with Crippen LogP contribution in [-0.4, -0.2) is 24.4 Å². The van der Waals surface area contributed by atoms with Crippen LogP contribution in [0.3, 0.4) is 0 Å². The first-order chi connectivity index (χ1) is 11.7. The van der Waals surface area contributed by atoms with Gasteiger partial charge in [-0.25, -0.2) is 4.79 Å². The number of hydrogen-bond acceptors (Lipinski definition) is 5. The average molecular weight is 326 g/mol. The smallest absolute Gasteiger partial charge is 0.407 e. The molecule has 1 saturated carbocycles. The molecule has 6 heteroatoms. The van der Waals surface area contributed by atoms with Crippen molar-refractivity contribution in [2.75, 3.05) is 6.54 Å². The van der Waals surface area contributed by atoms with Crippen LogP contribution in [0, 0.1) is 11.3 Å². The molecular weight excluding hydrogens is 304 g/mol. The van der Waals surface area contributed by atoms with Gasteiger partial charge in [-0.05, 0) is 24.8 Å². The number of ether oxygens (including phenoxy) is 1. The number of carbonyl (C=O) groups is 1. The highest BCUT2D eigenvalue weighted by Gasteiger charge is 2.25. The van der Waals surface area contributed by atoms with Crippen molar-refractivity contribution in [2.45, 2.75) is 38.3 Å². The molecule has 1 fully saturated rings. The second-order valence-corrected chi connectivity index (χ2v) is 5.51. The van der Waals surface area contributed by atoms with Gasteiger partial charge in [0.1, 0.15) is 6.61 Å². The molecule has 0 radical (unpaired) electrons. The number of nitrogens with one attached hydrogen (secondary N) is 1. The van der Waals surface area contributed by atoms with Crippen LogP contribution in [0.15, 0.2) is 47.1 Å². The van der Waals surface area contributed by atoms with Crippen LogP contribution in [-0.2, 0) is 11.3 Å². The molecule has 1 aromatic rings. The SMILES string of the molecule is N#CCCN=C1CCC[C@@H](NC(=O)OCc2ccccc2)C1=CN. The van der Waals surface area contributed by atoms with Crippen LogP contribution >= 0.6 is 0 Å². The first-order valence-electron chi connectivity index (χ1n) is 8.04. The van der Waals surface area contributed by atoms with Gasteiger partial charge in [-0.15, -0.1) is 0 Å². The molecule has 2 rings (SSSR count). The minimum Gasteiger partial charge on any atom is -0.445 e. The highest BCUT2D eigenvalue weighted by Crippen LogP contribution is 2.21. The second kappa shape index (κ2) is 9.36. The first kappa shape index (κ1) is 17.5. The fourth-order valence-corrected chi connectivity index (χ4v) is 2.66. The third-order valence-corrected chi connectivity index (χ3v) is 3.83. The van der Waals surface area contributed by atoms with Crippen LogP contribution in [0.1, 0.15) is 31.2 Å². The fourth-order valence-electron chi connectivity index (χ4n) is 2.66. The zero-order valence-electron chi connectivity index (χ0n) is 13.6. The Morgan fingerprint density at radius 1 is 1.46 bits per heavy atom. The lowest BCUT2D eigenvalue weighted by atomic mass is 9.88. The third kappa shape index (κ3) is 5.13. The predicted molar refractivity (Wildman–Crippen MR) is 92.2 cm³/mol. The topological polar surface area (TPSA) is 100 Å². The van der Waals surface area contributed by atoms with Gasteiger partial charge in [-0.3, -0.25) is 4.99 Å². The monoisotopic (exact) mass is 326 g/mol. The molecular formula is C18H22N4O2. The number of amides is 1. The van der Waals surface area contributed by atoms with Crippen molar-refractivity contribution in [1.82, 2.24) is 5.32 Å². The van der Waals surface area contributed by atoms with E-state index in [0.717, 1.165) is 36.1 Å². The van der Waals surface area contributed by atoms with Crippen molar-refractivity contribution in [3.8, 4) is 6.07 Å². The second-order valence-electron chi connectivity index (χ2n) is 5.51. The van der Waals surface area contributed by atoms with Gasteiger partial charge in [-0.1, -0.05) is 30.3 Å². The summed E-state index contributed by atoms with van der Waals surface area (Å²) < 4.78 is 5.26. The summed E-state index contributed by atoms with van der Waals surface area (Å²) in [7, 11) is 0. The number of hydrogen-bond donors (Lipinski definition) is 2. The molecule has 0 bridgehead atoms. The Balaban J connectivity index is 1.91. The van der Waals surface area contributed by atoms with Gasteiger partial charge < -0.3 is 15.8 Å². The molecule has 0 spiro atoms. The average Bonchev–Trinajstić information content (AvgIpc) is 2.61. The number of rotatable bonds is 5. The lowest BCUT2D eigenvalue weighted by molar-refractivity contribution is 0.136. The minimum absolute atomic E-state index is 0.201. The number of nitriles is 1. The number of alkyl carbamates (subject to hydrolysis) is 1. The van der Waals surface area contributed by atoms with Crippen molar-refractivity contribution in [2.24, 2.45) is 10.7 Å². The summed E-state index contributed by atoms with van der Waals surface area (Å²) in [5.41, 5.74) is 8.35. The maximum absolute atomic E-state index is 12.0. The summed E-state index contributed by atoms with van der Waals surface area (Å²) in [5.74, 6) is 0. The molecule has 126 valence electrons. The van der Waals surface area contributed by atoms with E-state index in [4.69, 9.17) is 15.7 Å². The Hall–Kier alpha value is -2.81. The van der Waals surface area contributed by atoms with Gasteiger partial charge >= 0.3 is 6.09 Å². The lowest BCUT2D eigenvalue weighted by Gasteiger charge is -2.27. The minimum atomic E-state index is -0.471. The fraction of sp³-hybridized carbons (Fsp3) is 0.389. The number of nitrogens with two attached hydrogens (primary N) is 1. The molecule has 24 heavy (non-hydrogen) atoms. The Labute approximate surface area is 142 Å². The molecule has 1 aliphatic rings. The molecule has 6 nitrogen and oxygen atoms in total. The quantitative estimate of drug-likeness (QED) is 0.812. The summed E-state index contributed by atoms with van der Waals surface area (Å²) in [6.07, 6.45) is 3.91. The van der Waals surface area contributed by atoms with Gasteiger partial charge in [-0.2, -0.15) is 5.26 Å². The molecule has 1 amide bonds. The molecule has 1 atom stereocenters. The highest BCUT2D eigenvalue weighted by atomic mass is 16.5. The van der Waals surface area contributed by atoms with Gasteiger partial charge in [0.15, 0.2) is 0 Å². The number of carbonyl (C=O) groups excluding carboxylic acids is 1. The van der Waals surface area contributed by atoms with E-state index >= 15 is 0 Å². The maximum Gasteiger partial charge on any atom is 0.407 e. The molecule has 1 aliphatic carbocycles. The summed E-state index contributed by atoms with van der Waals surface area (Å²) >= 11 is 0. The van der Waals surface area contributed by atoms with E-state index in [0.29, 0.717) is 13.0 Å². The van der Waals surface area contributed by atoms with Gasteiger partial charge in [0.05, 0.1) is 25.1 Å². The van der Waals surface area contributed by atoms with E-state index in [-0.39, 0.29) is 12.6 Å². The number of benzene rings is 1. The third-order valence-electron chi connectivity index (χ3n) is 3.83. The van der Waals surface area contributed by atoms with E-state index in [2.05, 4.69) is 16.4 Å². The van der Waals surface area contributed by atoms with Crippen LogP contribution in [0.4, 0.5) is 4.79 Å². The van der Waals surface area contributed by atoms with E-state index in [1.165, 1.54) is 6.20 Å². The number of aliphatic imine (C=N–C) groups is 1. The van der Waals surface area contributed by atoms with Crippen LogP contribution < -0.4 is 11.1 Å². The van der Waals surface area contributed by atoms with Crippen molar-refractivity contribution in [3.05, 3.63) is 47.7 Å². The van der Waals surface area contributed by atoms with Crippen LogP contribution in [0.5, 0.6) is 0 Å². The molecule has 1 aromatic carbocycles. The van der Waals surface area contributed by atoms with E-state index < -0.39 is 6.09 Å². The Bertz CT molecular complexity index is 647. The summed E-state index contributed by atoms with van der Waals surface area (Å²) in [6, 6.07) is 11.4. The van der Waals surface area contributed by atoms with Crippen molar-refractivity contribution < 1.29 is 9.53 Å². The van der Waals surface area contributed by atoms with Gasteiger partial charge in [0.2, 0.25) is 0 Å². The molecule has 0 saturated heterocycles. The molecule has 0 unspecified atom stereocenters. The Kier molecular flexibility index (Phi) is 6.84. The lowest BCUT2D eigenvalue weighted by Crippen LogP contribution is -2.41. The van der Waals surface area contributed by atoms with Crippen molar-refractivity contribution in [3.63, 3.8) is 0 Å². The molecule has 3 N–H and O–H groups in total. The molecule has 0 heterocycles. The van der Waals surface area contributed by atoms with Crippen molar-refractivity contribution in [1.29, 1.82) is 5.26 Å². The number of nitrogens with zero attached hydrogens (tertiary/aromatic N) is 2. The van der Waals surface area contributed by atoms with Crippen LogP contribution in [0.2, 0.25) is 0 Å². The standard InChI is InChI=1S/C18H22N4O2/c19-10-5-11-21-16-8-4-9-17(15(16)12-20)22-18(23)24-13-14-6-2-1-3-7-14/h1-3,6-7,12,17H,4-5,8-9,11,13,20H2,(H,22,23)/t17-/m1/s1. The highest BCUT2D eigenvalue weighted by molar-refractivity contribution is 6.02. The van der Waals surface area contributed by atoms with Gasteiger partial charge in [0, 0.05) is 17.5 Å². The zero-order chi connectivity index (χ0) is 17.2. The largest absolute Gasteiger partial charge is 0.445 e. The Morgan fingerprint density at radius 2 is 2.25 bits per heavy atom. The van der Waals surface area contributed by atoms with E-state index in [1.54, 1.807) is 0 Å². The first-order valence-corrected chi connectivity index (χ1v) is 8.04. The van der Waals surface area contributed by atoms with E-state index in [9.17, 15) is 4.79 Å². The van der Waals surface area contributed by atoms with Crippen molar-refractivity contribution >= 4 is 11.8 Å².